The van der Waals surface area contributed by atoms with Crippen LogP contribution in [0.5, 0.6) is 0 Å². The van der Waals surface area contributed by atoms with E-state index in [2.05, 4.69) is 28.6 Å². The van der Waals surface area contributed by atoms with Gasteiger partial charge in [0.15, 0.2) is 0 Å². The number of nitrogens with zero attached hydrogens (tertiary/aromatic N) is 2. The molecule has 1 atom stereocenters. The number of H-pyrrole nitrogens is 1. The molecule has 1 aromatic carbocycles. The van der Waals surface area contributed by atoms with Gasteiger partial charge in [0.25, 0.3) is 0 Å². The summed E-state index contributed by atoms with van der Waals surface area (Å²) in [6.07, 6.45) is 1.67. The number of rotatable bonds is 5. The van der Waals surface area contributed by atoms with Crippen LogP contribution in [0.15, 0.2) is 43.0 Å². The molecule has 1 amide bonds. The summed E-state index contributed by atoms with van der Waals surface area (Å²) >= 11 is 0. The van der Waals surface area contributed by atoms with E-state index in [1.807, 2.05) is 44.2 Å². The predicted octanol–water partition coefficient (Wildman–Crippen LogP) is 2.09. The van der Waals surface area contributed by atoms with Crippen LogP contribution in [-0.4, -0.2) is 34.1 Å². The fourth-order valence-electron chi connectivity index (χ4n) is 2.48. The summed E-state index contributed by atoms with van der Waals surface area (Å²) in [6, 6.07) is 8.89. The van der Waals surface area contributed by atoms with Crippen molar-refractivity contribution >= 4 is 5.91 Å². The second-order valence-electron chi connectivity index (χ2n) is 5.50. The number of carbonyl (C=O) groups excluding carboxylic acids is 1. The number of amides is 1. The Balaban J connectivity index is 2.13. The van der Waals surface area contributed by atoms with Gasteiger partial charge in [-0.15, -0.1) is 6.58 Å². The van der Waals surface area contributed by atoms with E-state index in [1.54, 1.807) is 11.0 Å². The minimum atomic E-state index is -0.762. The van der Waals surface area contributed by atoms with E-state index in [-0.39, 0.29) is 5.91 Å². The molecule has 0 radical (unpaired) electrons. The van der Waals surface area contributed by atoms with Crippen LogP contribution in [0.25, 0.3) is 0 Å². The Morgan fingerprint density at radius 1 is 1.42 bits per heavy atom. The van der Waals surface area contributed by atoms with E-state index in [1.165, 1.54) is 0 Å². The maximum atomic E-state index is 12.7. The highest BCUT2D eigenvalue weighted by molar-refractivity contribution is 5.84. The minimum Gasteiger partial charge on any atom is -0.326 e. The lowest BCUT2D eigenvalue weighted by Gasteiger charge is -2.22. The van der Waals surface area contributed by atoms with Crippen molar-refractivity contribution in [2.24, 2.45) is 5.73 Å². The molecular weight excluding hydrogens is 300 g/mol. The van der Waals surface area contributed by atoms with E-state index in [0.717, 1.165) is 22.5 Å². The minimum absolute atomic E-state index is 0.190. The van der Waals surface area contributed by atoms with Crippen LogP contribution in [0, 0.1) is 25.7 Å². The third-order valence-electron chi connectivity index (χ3n) is 3.70. The van der Waals surface area contributed by atoms with E-state index in [9.17, 15) is 4.79 Å². The smallest absolute Gasteiger partial charge is 0.245 e. The average Bonchev–Trinajstić information content (AvgIpc) is 2.92. The monoisotopic (exact) mass is 322 g/mol. The standard InChI is InChI=1S/C19H22N4O/c1-4-12-23(13-8-11-16-9-6-5-7-10-16)19(24)18(20)17-14(2)21-22-15(17)3/h4-7,9-10,18H,1,12-13,20H2,2-3H3,(H,21,22). The first-order valence-electron chi connectivity index (χ1n) is 7.75. The van der Waals surface area contributed by atoms with Crippen molar-refractivity contribution in [1.29, 1.82) is 0 Å². The molecule has 1 aromatic heterocycles. The second kappa shape index (κ2) is 8.14. The molecule has 0 aliphatic heterocycles. The van der Waals surface area contributed by atoms with E-state index >= 15 is 0 Å². The van der Waals surface area contributed by atoms with Crippen molar-refractivity contribution in [1.82, 2.24) is 15.1 Å². The summed E-state index contributed by atoms with van der Waals surface area (Å²) in [7, 11) is 0. The summed E-state index contributed by atoms with van der Waals surface area (Å²) in [5.74, 6) is 5.88. The fourth-order valence-corrected chi connectivity index (χ4v) is 2.48. The summed E-state index contributed by atoms with van der Waals surface area (Å²) < 4.78 is 0. The number of carbonyl (C=O) groups is 1. The molecule has 0 bridgehead atoms. The summed E-state index contributed by atoms with van der Waals surface area (Å²) in [6.45, 7) is 8.08. The number of nitrogens with one attached hydrogen (secondary N) is 1. The average molecular weight is 322 g/mol. The number of aromatic amines is 1. The molecule has 0 aliphatic rings. The predicted molar refractivity (Wildman–Crippen MR) is 95.1 cm³/mol. The Bertz CT molecular complexity index is 748. The fraction of sp³-hybridized carbons (Fsp3) is 0.263. The van der Waals surface area contributed by atoms with E-state index in [4.69, 9.17) is 5.73 Å². The molecule has 24 heavy (non-hydrogen) atoms. The summed E-state index contributed by atoms with van der Waals surface area (Å²) in [5.41, 5.74) is 9.36. The van der Waals surface area contributed by atoms with Gasteiger partial charge in [0.05, 0.1) is 12.2 Å². The normalized spacial score (nSPS) is 11.3. The van der Waals surface area contributed by atoms with Crippen molar-refractivity contribution in [2.75, 3.05) is 13.1 Å². The number of aromatic nitrogens is 2. The Morgan fingerprint density at radius 3 is 2.71 bits per heavy atom. The van der Waals surface area contributed by atoms with Crippen molar-refractivity contribution in [2.45, 2.75) is 19.9 Å². The van der Waals surface area contributed by atoms with Crippen LogP contribution < -0.4 is 5.73 Å². The van der Waals surface area contributed by atoms with Crippen LogP contribution in [0.2, 0.25) is 0 Å². The van der Waals surface area contributed by atoms with Gasteiger partial charge in [-0.2, -0.15) is 5.10 Å². The van der Waals surface area contributed by atoms with Crippen molar-refractivity contribution in [3.8, 4) is 11.8 Å². The molecule has 0 saturated carbocycles. The van der Waals surface area contributed by atoms with Crippen molar-refractivity contribution in [3.05, 3.63) is 65.5 Å². The molecule has 1 heterocycles. The molecule has 1 unspecified atom stereocenters. The first-order valence-corrected chi connectivity index (χ1v) is 7.75. The van der Waals surface area contributed by atoms with E-state index < -0.39 is 6.04 Å². The Kier molecular flexibility index (Phi) is 5.94. The van der Waals surface area contributed by atoms with Crippen LogP contribution in [-0.2, 0) is 4.79 Å². The number of hydrogen-bond donors (Lipinski definition) is 2. The number of nitrogens with two attached hydrogens (primary N) is 1. The summed E-state index contributed by atoms with van der Waals surface area (Å²) in [4.78, 5) is 14.3. The summed E-state index contributed by atoms with van der Waals surface area (Å²) in [5, 5.41) is 6.96. The molecule has 3 N–H and O–H groups in total. The van der Waals surface area contributed by atoms with Gasteiger partial charge >= 0.3 is 0 Å². The van der Waals surface area contributed by atoms with Gasteiger partial charge in [-0.3, -0.25) is 9.89 Å². The van der Waals surface area contributed by atoms with Crippen molar-refractivity contribution < 1.29 is 4.79 Å². The molecule has 124 valence electrons. The number of benzene rings is 1. The first kappa shape index (κ1) is 17.5. The SMILES string of the molecule is C=CCN(CC#Cc1ccccc1)C(=O)C(N)c1c(C)n[nH]c1C. The molecular formula is C19H22N4O. The lowest BCUT2D eigenvalue weighted by atomic mass is 10.0. The lowest BCUT2D eigenvalue weighted by Crippen LogP contribution is -2.39. The highest BCUT2D eigenvalue weighted by Gasteiger charge is 2.25. The molecule has 2 aromatic rings. The molecule has 5 nitrogen and oxygen atoms in total. The maximum absolute atomic E-state index is 12.7. The van der Waals surface area contributed by atoms with Gasteiger partial charge in [-0.05, 0) is 26.0 Å². The van der Waals surface area contributed by atoms with Crippen molar-refractivity contribution in [3.63, 3.8) is 0 Å². The number of aryl methyl sites for hydroxylation is 2. The highest BCUT2D eigenvalue weighted by Crippen LogP contribution is 2.19. The quantitative estimate of drug-likeness (QED) is 0.654. The van der Waals surface area contributed by atoms with Gasteiger partial charge in [0, 0.05) is 23.4 Å². The highest BCUT2D eigenvalue weighted by atomic mass is 16.2. The second-order valence-corrected chi connectivity index (χ2v) is 5.50. The third-order valence-corrected chi connectivity index (χ3v) is 3.70. The van der Waals surface area contributed by atoms with Gasteiger partial charge < -0.3 is 10.6 Å². The van der Waals surface area contributed by atoms with Crippen LogP contribution in [0.4, 0.5) is 0 Å². The molecule has 5 heteroatoms. The van der Waals surface area contributed by atoms with Gasteiger partial charge in [0.2, 0.25) is 5.91 Å². The molecule has 0 spiro atoms. The van der Waals surface area contributed by atoms with Gasteiger partial charge in [-0.1, -0.05) is 36.1 Å². The number of hydrogen-bond acceptors (Lipinski definition) is 3. The Hall–Kier alpha value is -2.84. The van der Waals surface area contributed by atoms with Gasteiger partial charge in [-0.25, -0.2) is 0 Å². The zero-order valence-electron chi connectivity index (χ0n) is 14.0. The first-order chi connectivity index (χ1) is 11.5. The lowest BCUT2D eigenvalue weighted by molar-refractivity contribution is -0.131. The Morgan fingerprint density at radius 2 is 2.12 bits per heavy atom. The van der Waals surface area contributed by atoms with Crippen LogP contribution in [0.1, 0.15) is 28.6 Å². The molecule has 2 rings (SSSR count). The third kappa shape index (κ3) is 4.12. The zero-order valence-corrected chi connectivity index (χ0v) is 14.0. The molecule has 0 saturated heterocycles. The molecule has 0 aliphatic carbocycles. The zero-order chi connectivity index (χ0) is 17.5. The van der Waals surface area contributed by atoms with Gasteiger partial charge in [0.1, 0.15) is 6.04 Å². The van der Waals surface area contributed by atoms with Crippen LogP contribution >= 0.6 is 0 Å². The topological polar surface area (TPSA) is 75.0 Å². The largest absolute Gasteiger partial charge is 0.326 e. The molecule has 0 fully saturated rings. The van der Waals surface area contributed by atoms with Crippen LogP contribution in [0.3, 0.4) is 0 Å². The maximum Gasteiger partial charge on any atom is 0.245 e. The Labute approximate surface area is 142 Å². The van der Waals surface area contributed by atoms with E-state index in [0.29, 0.717) is 13.1 Å².